The SMILES string of the molecule is CC1/C=C\C=C/CN(c2cccc(C3=NC(C4=CC(n5c6ccccc6c6cc7c(cc65)c5ccccc5n7-c5ccccc5)=CCC4)NC(c4cccc(N5C6=C(C=CC=CC6)C6C=Cc7c(c8ccccc8n7-c7ccccc7)C65)c4)=N3)c2)c2cc3c4ccccc4n(-c4ccccc4)c3cc21. The average Bonchev–Trinajstić information content (AvgIpc) is 1.55. The van der Waals surface area contributed by atoms with E-state index in [9.17, 15) is 0 Å². The Morgan fingerprint density at radius 3 is 1.69 bits per heavy atom. The summed E-state index contributed by atoms with van der Waals surface area (Å²) in [5.74, 6) is 1.71. The second-order valence-electron chi connectivity index (χ2n) is 28.3. The Bertz CT molecular complexity index is 6430. The second kappa shape index (κ2) is 24.1. The minimum Gasteiger partial charge on any atom is -0.344 e. The largest absolute Gasteiger partial charge is 0.344 e. The number of nitrogens with zero attached hydrogens (tertiary/aromatic N) is 8. The highest BCUT2D eigenvalue weighted by Crippen LogP contribution is 2.55. The van der Waals surface area contributed by atoms with E-state index in [0.29, 0.717) is 12.4 Å². The molecule has 0 bridgehead atoms. The molecule has 0 fully saturated rings. The molecule has 21 rings (SSSR count). The minimum atomic E-state index is -0.453. The van der Waals surface area contributed by atoms with Gasteiger partial charge in [0.1, 0.15) is 12.0 Å². The summed E-state index contributed by atoms with van der Waals surface area (Å²) in [5.41, 5.74) is 25.9. The van der Waals surface area contributed by atoms with Crippen LogP contribution in [-0.2, 0) is 0 Å². The Hall–Kier alpha value is -13.0. The smallest absolute Gasteiger partial charge is 0.159 e. The maximum Gasteiger partial charge on any atom is 0.159 e. The first-order valence-electron chi connectivity index (χ1n) is 36.6. The summed E-state index contributed by atoms with van der Waals surface area (Å²) in [5, 5.41) is 12.7. The quantitative estimate of drug-likeness (QED) is 0.157. The summed E-state index contributed by atoms with van der Waals surface area (Å²) in [6, 6.07) is 95.9. The normalized spacial score (nSPS) is 19.1. The van der Waals surface area contributed by atoms with Crippen LogP contribution in [0.3, 0.4) is 0 Å². The third-order valence-electron chi connectivity index (χ3n) is 22.5. The number of hydrogen-bond acceptors (Lipinski definition) is 5. The van der Waals surface area contributed by atoms with Gasteiger partial charge in [0.25, 0.3) is 0 Å². The molecule has 0 amide bonds. The molecule has 3 aliphatic heterocycles. The van der Waals surface area contributed by atoms with Gasteiger partial charge in [-0.05, 0) is 151 Å². The minimum absolute atomic E-state index is 0.00268. The number of anilines is 3. The van der Waals surface area contributed by atoms with Crippen LogP contribution < -0.4 is 15.1 Å². The number of allylic oxidation sites excluding steroid dienone is 10. The lowest BCUT2D eigenvalue weighted by atomic mass is 9.83. The molecule has 0 radical (unpaired) electrons. The van der Waals surface area contributed by atoms with Gasteiger partial charge in [0.15, 0.2) is 5.84 Å². The van der Waals surface area contributed by atoms with Crippen molar-refractivity contribution >= 4 is 117 Å². The van der Waals surface area contributed by atoms with Gasteiger partial charge in [-0.2, -0.15) is 0 Å². The Kier molecular flexibility index (Phi) is 13.9. The molecule has 104 heavy (non-hydrogen) atoms. The van der Waals surface area contributed by atoms with Crippen molar-refractivity contribution in [1.82, 2.24) is 23.6 Å². The van der Waals surface area contributed by atoms with Gasteiger partial charge in [0.05, 0.1) is 50.4 Å². The molecule has 9 nitrogen and oxygen atoms in total. The zero-order valence-corrected chi connectivity index (χ0v) is 57.5. The molecule has 9 heteroatoms. The highest BCUT2D eigenvalue weighted by atomic mass is 15.2. The lowest BCUT2D eigenvalue weighted by molar-refractivity contribution is 0.612. The van der Waals surface area contributed by atoms with Gasteiger partial charge < -0.3 is 33.4 Å². The fourth-order valence-electron chi connectivity index (χ4n) is 17.9. The summed E-state index contributed by atoms with van der Waals surface area (Å²) >= 11 is 0. The first-order valence-corrected chi connectivity index (χ1v) is 36.6. The average molecular weight is 1340 g/mol. The van der Waals surface area contributed by atoms with Gasteiger partial charge >= 0.3 is 0 Å². The first kappa shape index (κ1) is 59.8. The number of fused-ring (bicyclic) bond motifs is 16. The Balaban J connectivity index is 0.723. The van der Waals surface area contributed by atoms with E-state index in [1.165, 1.54) is 116 Å². The van der Waals surface area contributed by atoms with E-state index in [-0.39, 0.29) is 17.9 Å². The van der Waals surface area contributed by atoms with Crippen LogP contribution in [0.15, 0.2) is 355 Å². The number of benzene rings is 11. The van der Waals surface area contributed by atoms with E-state index in [2.05, 4.69) is 374 Å². The van der Waals surface area contributed by atoms with Gasteiger partial charge in [-0.3, -0.25) is 0 Å². The predicted molar refractivity (Wildman–Crippen MR) is 434 cm³/mol. The molecule has 0 saturated heterocycles. The number of aliphatic imine (C=N–C) groups is 2. The number of amidine groups is 2. The summed E-state index contributed by atoms with van der Waals surface area (Å²) < 4.78 is 9.82. The van der Waals surface area contributed by atoms with Crippen molar-refractivity contribution in [1.29, 1.82) is 0 Å². The maximum atomic E-state index is 5.82. The fraction of sp³-hybridized carbons (Fsp3) is 0.0947. The molecule has 4 unspecified atom stereocenters. The van der Waals surface area contributed by atoms with Crippen LogP contribution in [0.2, 0.25) is 0 Å². The van der Waals surface area contributed by atoms with Crippen LogP contribution in [0.25, 0.3) is 105 Å². The molecule has 0 spiro atoms. The summed E-state index contributed by atoms with van der Waals surface area (Å²) in [7, 11) is 0. The van der Waals surface area contributed by atoms with Gasteiger partial charge in [0.2, 0.25) is 0 Å². The van der Waals surface area contributed by atoms with Gasteiger partial charge in [-0.25, -0.2) is 9.98 Å². The van der Waals surface area contributed by atoms with Crippen LogP contribution in [0.5, 0.6) is 0 Å². The topological polar surface area (TPSA) is 63.0 Å². The van der Waals surface area contributed by atoms with Crippen molar-refractivity contribution in [3.8, 4) is 17.1 Å². The maximum absolute atomic E-state index is 5.82. The molecule has 0 saturated carbocycles. The number of nitrogens with one attached hydrogen (secondary N) is 1. The lowest BCUT2D eigenvalue weighted by Crippen LogP contribution is -2.40. The van der Waals surface area contributed by atoms with E-state index < -0.39 is 6.17 Å². The summed E-state index contributed by atoms with van der Waals surface area (Å²) in [6.45, 7) is 2.98. The highest BCUT2D eigenvalue weighted by molar-refractivity contribution is 6.20. The lowest BCUT2D eigenvalue weighted by Gasteiger charge is -2.35. The van der Waals surface area contributed by atoms with E-state index in [1.807, 2.05) is 0 Å². The molecular weight excluding hydrogens is 1270 g/mol. The number of para-hydroxylation sites is 7. The van der Waals surface area contributed by atoms with Gasteiger partial charge in [0, 0.05) is 125 Å². The van der Waals surface area contributed by atoms with Gasteiger partial charge in [-0.15, -0.1) is 0 Å². The molecule has 1 N–H and O–H groups in total. The number of rotatable bonds is 9. The van der Waals surface area contributed by atoms with Crippen molar-refractivity contribution in [2.75, 3.05) is 16.3 Å². The van der Waals surface area contributed by atoms with E-state index in [0.717, 1.165) is 70.4 Å². The van der Waals surface area contributed by atoms with Crippen molar-refractivity contribution in [3.05, 3.63) is 372 Å². The van der Waals surface area contributed by atoms with Crippen molar-refractivity contribution in [2.45, 2.75) is 44.3 Å². The molecule has 6 aliphatic rings. The van der Waals surface area contributed by atoms with Crippen LogP contribution in [0.4, 0.5) is 17.1 Å². The summed E-state index contributed by atoms with van der Waals surface area (Å²) in [6.07, 6.45) is 29.8. The second-order valence-corrected chi connectivity index (χ2v) is 28.3. The molecule has 496 valence electrons. The van der Waals surface area contributed by atoms with Crippen molar-refractivity contribution in [2.24, 2.45) is 15.9 Å². The van der Waals surface area contributed by atoms with E-state index >= 15 is 0 Å². The van der Waals surface area contributed by atoms with Crippen molar-refractivity contribution in [3.63, 3.8) is 0 Å². The molecule has 15 aromatic rings. The van der Waals surface area contributed by atoms with Crippen LogP contribution in [0.1, 0.15) is 66.1 Å². The fourth-order valence-corrected chi connectivity index (χ4v) is 17.9. The molecule has 3 aliphatic carbocycles. The van der Waals surface area contributed by atoms with Crippen molar-refractivity contribution < 1.29 is 0 Å². The third kappa shape index (κ3) is 9.46. The number of hydrogen-bond donors (Lipinski definition) is 1. The predicted octanol–water partition coefficient (Wildman–Crippen LogP) is 22.7. The molecular formula is C95H71N9. The zero-order valence-electron chi connectivity index (χ0n) is 57.5. The Labute approximate surface area is 602 Å². The first-order chi connectivity index (χ1) is 51.5. The van der Waals surface area contributed by atoms with Crippen LogP contribution in [-0.4, -0.2) is 42.7 Å². The Morgan fingerprint density at radius 1 is 0.442 bits per heavy atom. The molecule has 4 atom stereocenters. The number of aromatic nitrogens is 4. The van der Waals surface area contributed by atoms with E-state index in [4.69, 9.17) is 9.98 Å². The Morgan fingerprint density at radius 2 is 1.00 bits per heavy atom. The highest BCUT2D eigenvalue weighted by Gasteiger charge is 2.45. The molecule has 7 heterocycles. The summed E-state index contributed by atoms with van der Waals surface area (Å²) in [4.78, 5) is 16.7. The van der Waals surface area contributed by atoms with Crippen LogP contribution >= 0.6 is 0 Å². The van der Waals surface area contributed by atoms with Crippen LogP contribution in [0, 0.1) is 5.92 Å². The third-order valence-corrected chi connectivity index (χ3v) is 22.5. The monoisotopic (exact) mass is 1340 g/mol. The van der Waals surface area contributed by atoms with Gasteiger partial charge in [-0.1, -0.05) is 219 Å². The standard InChI is InChI=1S/C95H71N9/c1-61-28-7-6-24-53-99(87-58-78-72-42-16-20-47-81(72)101(88(78)57-77(61)87)66-34-10-3-11-35-66)68-38-25-29-62(54-68)93-96-94(63-30-26-39-69(55-63)103-83-49-22-18-44-74(83)80-59-89-79(60-90(80)103)73-43-17-21-48-82(73)102(89)67-36-12-4-13-37-67)98-95(97-93)64-31-27-40-70(56-64)104-84-46-15-5-14-41-71(84)75-51-52-86-91(92(75)104)76-45-19-23-50-85(76)100(86)65-32-8-2-9-33-65/h2-25,27-29,31-45,47-52,54-61,75,92,94H,26,30,46,53H2,1H3,(H,96,97,98)/b24-6-,28-7-. The van der Waals surface area contributed by atoms with E-state index in [1.54, 1.807) is 0 Å². The molecule has 4 aromatic heterocycles. The zero-order chi connectivity index (χ0) is 68.5. The molecule has 11 aromatic carbocycles.